The van der Waals surface area contributed by atoms with E-state index in [1.807, 2.05) is 12.1 Å². The third-order valence-corrected chi connectivity index (χ3v) is 7.10. The number of likely N-dealkylation sites (tertiary alicyclic amines) is 1. The summed E-state index contributed by atoms with van der Waals surface area (Å²) in [5, 5.41) is 0. The van der Waals surface area contributed by atoms with Crippen molar-refractivity contribution in [3.05, 3.63) is 59.2 Å². The molecular weight excluding hydrogens is 400 g/mol. The first-order valence-corrected chi connectivity index (χ1v) is 11.9. The van der Waals surface area contributed by atoms with Crippen molar-refractivity contribution in [1.82, 2.24) is 9.80 Å². The summed E-state index contributed by atoms with van der Waals surface area (Å²) in [4.78, 5) is 5.28. The van der Waals surface area contributed by atoms with Crippen molar-refractivity contribution in [2.75, 3.05) is 54.1 Å². The maximum absolute atomic E-state index is 5.69. The maximum atomic E-state index is 5.69. The number of hydrogen-bond acceptors (Lipinski definition) is 5. The maximum Gasteiger partial charge on any atom is 0.165 e. The van der Waals surface area contributed by atoms with Crippen LogP contribution in [0.2, 0.25) is 0 Å². The first-order valence-electron chi connectivity index (χ1n) is 11.9. The van der Waals surface area contributed by atoms with Gasteiger partial charge in [-0.25, -0.2) is 0 Å². The normalized spacial score (nSPS) is 19.3. The van der Waals surface area contributed by atoms with Gasteiger partial charge in [-0.1, -0.05) is 36.4 Å². The second-order valence-electron chi connectivity index (χ2n) is 9.21. The molecule has 2 aliphatic rings. The van der Waals surface area contributed by atoms with Gasteiger partial charge in [0.15, 0.2) is 11.5 Å². The van der Waals surface area contributed by atoms with Gasteiger partial charge >= 0.3 is 0 Å². The largest absolute Gasteiger partial charge is 0.493 e. The molecule has 174 valence electrons. The Bertz CT molecular complexity index is 847. The van der Waals surface area contributed by atoms with Crippen LogP contribution in [0, 0.1) is 5.92 Å². The smallest absolute Gasteiger partial charge is 0.165 e. The Hall–Kier alpha value is -2.08. The molecule has 32 heavy (non-hydrogen) atoms. The van der Waals surface area contributed by atoms with Crippen LogP contribution in [0.1, 0.15) is 29.5 Å². The molecule has 1 atom stereocenters. The number of fused-ring (bicyclic) bond motifs is 1. The zero-order chi connectivity index (χ0) is 22.3. The van der Waals surface area contributed by atoms with E-state index in [1.165, 1.54) is 44.3 Å². The van der Waals surface area contributed by atoms with Gasteiger partial charge in [-0.05, 0) is 55.3 Å². The fourth-order valence-electron chi connectivity index (χ4n) is 5.51. The van der Waals surface area contributed by atoms with E-state index in [2.05, 4.69) is 40.1 Å². The minimum atomic E-state index is 0.668. The molecule has 2 aromatic rings. The Balaban J connectivity index is 1.40. The summed E-state index contributed by atoms with van der Waals surface area (Å²) in [5.41, 5.74) is 4.26. The molecule has 0 unspecified atom stereocenters. The van der Waals surface area contributed by atoms with Crippen LogP contribution in [0.25, 0.3) is 0 Å². The summed E-state index contributed by atoms with van der Waals surface area (Å²) in [6.45, 7) is 6.01. The van der Waals surface area contributed by atoms with E-state index in [-0.39, 0.29) is 0 Å². The molecule has 1 aliphatic carbocycles. The summed E-state index contributed by atoms with van der Waals surface area (Å²) < 4.78 is 16.6. The van der Waals surface area contributed by atoms with Crippen LogP contribution in [0.5, 0.6) is 11.5 Å². The van der Waals surface area contributed by atoms with Crippen LogP contribution in [0.4, 0.5) is 0 Å². The molecule has 5 nitrogen and oxygen atoms in total. The van der Waals surface area contributed by atoms with Crippen LogP contribution in [-0.4, -0.2) is 70.0 Å². The molecule has 1 saturated heterocycles. The van der Waals surface area contributed by atoms with Gasteiger partial charge in [-0.2, -0.15) is 0 Å². The van der Waals surface area contributed by atoms with Crippen molar-refractivity contribution in [1.29, 1.82) is 0 Å². The van der Waals surface area contributed by atoms with Gasteiger partial charge in [-0.3, -0.25) is 9.80 Å². The second-order valence-corrected chi connectivity index (χ2v) is 9.21. The predicted molar refractivity (Wildman–Crippen MR) is 129 cm³/mol. The summed E-state index contributed by atoms with van der Waals surface area (Å²) in [6, 6.07) is 15.8. The Morgan fingerprint density at radius 3 is 2.44 bits per heavy atom. The molecule has 1 fully saturated rings. The van der Waals surface area contributed by atoms with Crippen LogP contribution < -0.4 is 9.47 Å². The van der Waals surface area contributed by atoms with E-state index in [4.69, 9.17) is 14.2 Å². The SMILES string of the molecule is COCCN(Cc1cccc(OC)c1OC)C[C@@H]1CCCN(C2Cc3ccccc3C2)C1. The average Bonchev–Trinajstić information content (AvgIpc) is 3.27. The summed E-state index contributed by atoms with van der Waals surface area (Å²) in [7, 11) is 5.20. The molecule has 1 heterocycles. The summed E-state index contributed by atoms with van der Waals surface area (Å²) >= 11 is 0. The molecule has 0 saturated carbocycles. The lowest BCUT2D eigenvalue weighted by atomic mass is 9.95. The zero-order valence-electron chi connectivity index (χ0n) is 19.9. The lowest BCUT2D eigenvalue weighted by molar-refractivity contribution is 0.0840. The van der Waals surface area contributed by atoms with E-state index >= 15 is 0 Å². The Kier molecular flexibility index (Phi) is 8.06. The molecular formula is C27H38N2O3. The number of hydrogen-bond donors (Lipinski definition) is 0. The molecule has 5 heteroatoms. The Morgan fingerprint density at radius 1 is 0.969 bits per heavy atom. The molecule has 2 aromatic carbocycles. The number of para-hydroxylation sites is 1. The monoisotopic (exact) mass is 438 g/mol. The van der Waals surface area contributed by atoms with E-state index < -0.39 is 0 Å². The number of nitrogens with zero attached hydrogens (tertiary/aromatic N) is 2. The molecule has 1 aliphatic heterocycles. The second kappa shape index (κ2) is 11.2. The molecule has 0 spiro atoms. The number of rotatable bonds is 10. The van der Waals surface area contributed by atoms with Gasteiger partial charge in [-0.15, -0.1) is 0 Å². The van der Waals surface area contributed by atoms with E-state index in [0.29, 0.717) is 12.0 Å². The summed E-state index contributed by atoms with van der Waals surface area (Å²) in [5.74, 6) is 2.31. The van der Waals surface area contributed by atoms with E-state index in [0.717, 1.165) is 37.7 Å². The molecule has 4 rings (SSSR count). The van der Waals surface area contributed by atoms with Crippen molar-refractivity contribution in [3.63, 3.8) is 0 Å². The highest BCUT2D eigenvalue weighted by Crippen LogP contribution is 2.32. The van der Waals surface area contributed by atoms with Gasteiger partial charge < -0.3 is 14.2 Å². The highest BCUT2D eigenvalue weighted by atomic mass is 16.5. The Labute approximate surface area is 193 Å². The fraction of sp³-hybridized carbons (Fsp3) is 0.556. The molecule has 0 bridgehead atoms. The molecule has 0 amide bonds. The van der Waals surface area contributed by atoms with Crippen molar-refractivity contribution >= 4 is 0 Å². The standard InChI is InChI=1S/C27H38N2O3/c1-30-15-14-28(20-24-11-6-12-26(31-2)27(24)32-3)18-21-8-7-13-29(19-21)25-16-22-9-4-5-10-23(22)17-25/h4-6,9-12,21,25H,7-8,13-20H2,1-3H3/t21-/m0/s1. The minimum absolute atomic E-state index is 0.668. The third kappa shape index (κ3) is 5.45. The van der Waals surface area contributed by atoms with Crippen molar-refractivity contribution in [2.24, 2.45) is 5.92 Å². The van der Waals surface area contributed by atoms with Crippen LogP contribution >= 0.6 is 0 Å². The van der Waals surface area contributed by atoms with E-state index in [9.17, 15) is 0 Å². The number of piperidine rings is 1. The Morgan fingerprint density at radius 2 is 1.75 bits per heavy atom. The lowest BCUT2D eigenvalue weighted by Gasteiger charge is -2.39. The highest BCUT2D eigenvalue weighted by molar-refractivity contribution is 5.46. The third-order valence-electron chi connectivity index (χ3n) is 7.10. The number of methoxy groups -OCH3 is 3. The van der Waals surface area contributed by atoms with Crippen LogP contribution in [-0.2, 0) is 24.1 Å². The van der Waals surface area contributed by atoms with Crippen LogP contribution in [0.3, 0.4) is 0 Å². The lowest BCUT2D eigenvalue weighted by Crippen LogP contribution is -2.46. The minimum Gasteiger partial charge on any atom is -0.493 e. The number of benzene rings is 2. The predicted octanol–water partition coefficient (Wildman–Crippen LogP) is 4.03. The van der Waals surface area contributed by atoms with Crippen LogP contribution in [0.15, 0.2) is 42.5 Å². The van der Waals surface area contributed by atoms with Crippen molar-refractivity contribution in [2.45, 2.75) is 38.3 Å². The molecule has 0 N–H and O–H groups in total. The first kappa shape index (κ1) is 23.1. The van der Waals surface area contributed by atoms with Gasteiger partial charge in [0.05, 0.1) is 20.8 Å². The van der Waals surface area contributed by atoms with E-state index in [1.54, 1.807) is 32.5 Å². The zero-order valence-corrected chi connectivity index (χ0v) is 19.9. The van der Waals surface area contributed by atoms with Gasteiger partial charge in [0.1, 0.15) is 0 Å². The van der Waals surface area contributed by atoms with Gasteiger partial charge in [0.25, 0.3) is 0 Å². The highest BCUT2D eigenvalue weighted by Gasteiger charge is 2.31. The quantitative estimate of drug-likeness (QED) is 0.560. The van der Waals surface area contributed by atoms with Crippen molar-refractivity contribution in [3.8, 4) is 11.5 Å². The van der Waals surface area contributed by atoms with Crippen molar-refractivity contribution < 1.29 is 14.2 Å². The first-order chi connectivity index (χ1) is 15.7. The summed E-state index contributed by atoms with van der Waals surface area (Å²) in [6.07, 6.45) is 5.00. The molecule has 0 radical (unpaired) electrons. The van der Waals surface area contributed by atoms with Gasteiger partial charge in [0.2, 0.25) is 0 Å². The molecule has 0 aromatic heterocycles. The fourth-order valence-corrected chi connectivity index (χ4v) is 5.51. The topological polar surface area (TPSA) is 34.2 Å². The number of ether oxygens (including phenoxy) is 3. The van der Waals surface area contributed by atoms with Gasteiger partial charge in [0, 0.05) is 44.9 Å². The average molecular weight is 439 g/mol.